The summed E-state index contributed by atoms with van der Waals surface area (Å²) in [6, 6.07) is 4.52. The third kappa shape index (κ3) is 2.81. The Balaban J connectivity index is 2.14. The lowest BCUT2D eigenvalue weighted by Gasteiger charge is -2.11. The SMILES string of the molecule is Cc1cc2c(Nc3c(Cl)cc(F)cc3Br)nc(N)nc2s1. The van der Waals surface area contributed by atoms with Gasteiger partial charge in [0.15, 0.2) is 0 Å². The lowest BCUT2D eigenvalue weighted by molar-refractivity contribution is 0.627. The molecule has 0 amide bonds. The molecule has 3 rings (SSSR count). The van der Waals surface area contributed by atoms with Crippen LogP contribution in [0.5, 0.6) is 0 Å². The van der Waals surface area contributed by atoms with E-state index in [9.17, 15) is 4.39 Å². The van der Waals surface area contributed by atoms with E-state index in [2.05, 4.69) is 31.2 Å². The molecule has 0 aliphatic carbocycles. The van der Waals surface area contributed by atoms with Crippen molar-refractivity contribution in [2.24, 2.45) is 0 Å². The topological polar surface area (TPSA) is 63.8 Å². The van der Waals surface area contributed by atoms with Crippen molar-refractivity contribution in [3.05, 3.63) is 38.4 Å². The highest BCUT2D eigenvalue weighted by Gasteiger charge is 2.13. The Morgan fingerprint density at radius 1 is 1.33 bits per heavy atom. The number of nitrogens with two attached hydrogens (primary N) is 1. The summed E-state index contributed by atoms with van der Waals surface area (Å²) in [6.45, 7) is 1.98. The van der Waals surface area contributed by atoms with Gasteiger partial charge in [-0.3, -0.25) is 0 Å². The van der Waals surface area contributed by atoms with Crippen molar-refractivity contribution >= 4 is 66.5 Å². The Morgan fingerprint density at radius 3 is 2.81 bits per heavy atom. The molecule has 0 bridgehead atoms. The fourth-order valence-electron chi connectivity index (χ4n) is 1.93. The van der Waals surface area contributed by atoms with Crippen LogP contribution in [0.1, 0.15) is 4.88 Å². The maximum atomic E-state index is 13.3. The summed E-state index contributed by atoms with van der Waals surface area (Å²) in [5.41, 5.74) is 6.26. The Kier molecular flexibility index (Phi) is 3.73. The molecule has 4 nitrogen and oxygen atoms in total. The molecular weight excluding hydrogens is 379 g/mol. The zero-order valence-corrected chi connectivity index (χ0v) is 13.9. The number of fused-ring (bicyclic) bond motifs is 1. The van der Waals surface area contributed by atoms with Gasteiger partial charge in [-0.2, -0.15) is 4.98 Å². The minimum absolute atomic E-state index is 0.168. The molecule has 2 heterocycles. The molecule has 1 aromatic carbocycles. The molecule has 8 heteroatoms. The van der Waals surface area contributed by atoms with Gasteiger partial charge >= 0.3 is 0 Å². The Bertz CT molecular complexity index is 829. The van der Waals surface area contributed by atoms with Crippen LogP contribution in [0, 0.1) is 12.7 Å². The summed E-state index contributed by atoms with van der Waals surface area (Å²) in [4.78, 5) is 10.3. The van der Waals surface area contributed by atoms with Crippen molar-refractivity contribution in [1.29, 1.82) is 0 Å². The van der Waals surface area contributed by atoms with Crippen LogP contribution in [0.2, 0.25) is 5.02 Å². The number of halogens is 3. The molecule has 108 valence electrons. The van der Waals surface area contributed by atoms with E-state index >= 15 is 0 Å². The molecule has 2 aromatic heterocycles. The smallest absolute Gasteiger partial charge is 0.223 e. The molecule has 0 saturated carbocycles. The average molecular weight is 388 g/mol. The second-order valence-electron chi connectivity index (χ2n) is 4.38. The third-order valence-electron chi connectivity index (χ3n) is 2.78. The van der Waals surface area contributed by atoms with Crippen LogP contribution >= 0.6 is 38.9 Å². The van der Waals surface area contributed by atoms with Gasteiger partial charge in [-0.05, 0) is 41.1 Å². The van der Waals surface area contributed by atoms with Crippen molar-refractivity contribution in [2.75, 3.05) is 11.1 Å². The maximum absolute atomic E-state index is 13.3. The highest BCUT2D eigenvalue weighted by Crippen LogP contribution is 2.36. The molecule has 0 aliphatic heterocycles. The lowest BCUT2D eigenvalue weighted by Crippen LogP contribution is -2.01. The third-order valence-corrected chi connectivity index (χ3v) is 4.65. The minimum atomic E-state index is -0.420. The molecule has 0 spiro atoms. The summed E-state index contributed by atoms with van der Waals surface area (Å²) in [5, 5.41) is 4.19. The first-order valence-electron chi connectivity index (χ1n) is 5.89. The average Bonchev–Trinajstić information content (AvgIpc) is 2.73. The number of thiophene rings is 1. The van der Waals surface area contributed by atoms with Crippen molar-refractivity contribution in [3.63, 3.8) is 0 Å². The van der Waals surface area contributed by atoms with E-state index < -0.39 is 5.82 Å². The fourth-order valence-corrected chi connectivity index (χ4v) is 3.72. The Labute approximate surface area is 137 Å². The second-order valence-corrected chi connectivity index (χ2v) is 6.87. The van der Waals surface area contributed by atoms with Crippen molar-refractivity contribution < 1.29 is 4.39 Å². The van der Waals surface area contributed by atoms with E-state index in [1.165, 1.54) is 23.5 Å². The summed E-state index contributed by atoms with van der Waals surface area (Å²) in [5.74, 6) is 0.286. The quantitative estimate of drug-likeness (QED) is 0.658. The van der Waals surface area contributed by atoms with Crippen molar-refractivity contribution in [2.45, 2.75) is 6.92 Å². The molecule has 3 N–H and O–H groups in total. The number of aromatic nitrogens is 2. The number of hydrogen-bond acceptors (Lipinski definition) is 5. The molecule has 0 saturated heterocycles. The first kappa shape index (κ1) is 14.5. The van der Waals surface area contributed by atoms with Crippen LogP contribution < -0.4 is 11.1 Å². The van der Waals surface area contributed by atoms with Crippen LogP contribution in [0.3, 0.4) is 0 Å². The summed E-state index contributed by atoms with van der Waals surface area (Å²) in [6.07, 6.45) is 0. The number of nitrogens with one attached hydrogen (secondary N) is 1. The number of anilines is 3. The zero-order chi connectivity index (χ0) is 15.1. The predicted molar refractivity (Wildman–Crippen MR) is 89.0 cm³/mol. The van der Waals surface area contributed by atoms with Crippen molar-refractivity contribution in [3.8, 4) is 0 Å². The summed E-state index contributed by atoms with van der Waals surface area (Å²) >= 11 is 10.9. The molecule has 0 fully saturated rings. The molecular formula is C13H9BrClFN4S. The van der Waals surface area contributed by atoms with Gasteiger partial charge in [0.05, 0.1) is 16.1 Å². The first-order valence-corrected chi connectivity index (χ1v) is 7.88. The summed E-state index contributed by atoms with van der Waals surface area (Å²) in [7, 11) is 0. The number of rotatable bonds is 2. The fraction of sp³-hybridized carbons (Fsp3) is 0.0769. The van der Waals surface area contributed by atoms with Crippen LogP contribution in [0.4, 0.5) is 21.8 Å². The lowest BCUT2D eigenvalue weighted by atomic mass is 10.3. The number of nitrogen functional groups attached to an aromatic ring is 1. The normalized spacial score (nSPS) is 11.0. The van der Waals surface area contributed by atoms with Gasteiger partial charge in [0, 0.05) is 9.35 Å². The largest absolute Gasteiger partial charge is 0.368 e. The first-order chi connectivity index (χ1) is 9.94. The number of aryl methyl sites for hydroxylation is 1. The van der Waals surface area contributed by atoms with E-state index in [4.69, 9.17) is 17.3 Å². The monoisotopic (exact) mass is 386 g/mol. The molecule has 0 unspecified atom stereocenters. The standard InChI is InChI=1S/C13H9BrClFN4S/c1-5-2-7-11(19-13(17)20-12(7)21-5)18-10-8(14)3-6(16)4-9(10)15/h2-4H,1H3,(H3,17,18,19,20). The van der Waals surface area contributed by atoms with Gasteiger partial charge in [0.25, 0.3) is 0 Å². The van der Waals surface area contributed by atoms with Gasteiger partial charge < -0.3 is 11.1 Å². The number of hydrogen-bond donors (Lipinski definition) is 2. The van der Waals surface area contributed by atoms with Gasteiger partial charge in [-0.15, -0.1) is 11.3 Å². The Morgan fingerprint density at radius 2 is 2.10 bits per heavy atom. The van der Waals surface area contributed by atoms with E-state index in [-0.39, 0.29) is 11.0 Å². The predicted octanol–water partition coefficient (Wildman–Crippen LogP) is 4.88. The highest BCUT2D eigenvalue weighted by molar-refractivity contribution is 9.10. The van der Waals surface area contributed by atoms with Crippen molar-refractivity contribution in [1.82, 2.24) is 9.97 Å². The minimum Gasteiger partial charge on any atom is -0.368 e. The molecule has 0 radical (unpaired) electrons. The summed E-state index contributed by atoms with van der Waals surface area (Å²) < 4.78 is 13.8. The van der Waals surface area contributed by atoms with Gasteiger partial charge in [-0.1, -0.05) is 11.6 Å². The van der Waals surface area contributed by atoms with E-state index in [0.29, 0.717) is 16.0 Å². The van der Waals surface area contributed by atoms with Crippen LogP contribution in [0.25, 0.3) is 10.2 Å². The van der Waals surface area contributed by atoms with Crippen LogP contribution in [-0.2, 0) is 0 Å². The van der Waals surface area contributed by atoms with Crippen LogP contribution in [-0.4, -0.2) is 9.97 Å². The number of nitrogens with zero attached hydrogens (tertiary/aromatic N) is 2. The second kappa shape index (κ2) is 5.40. The molecule has 0 atom stereocenters. The van der Waals surface area contributed by atoms with E-state index in [1.807, 2.05) is 13.0 Å². The molecule has 21 heavy (non-hydrogen) atoms. The van der Waals surface area contributed by atoms with Gasteiger partial charge in [-0.25, -0.2) is 9.37 Å². The highest BCUT2D eigenvalue weighted by atomic mass is 79.9. The van der Waals surface area contributed by atoms with E-state index in [0.717, 1.165) is 15.1 Å². The number of benzene rings is 1. The maximum Gasteiger partial charge on any atom is 0.223 e. The molecule has 0 aliphatic rings. The Hall–Kier alpha value is -1.44. The van der Waals surface area contributed by atoms with E-state index in [1.54, 1.807) is 0 Å². The van der Waals surface area contributed by atoms with Gasteiger partial charge in [0.1, 0.15) is 16.5 Å². The molecule has 3 aromatic rings. The van der Waals surface area contributed by atoms with Gasteiger partial charge in [0.2, 0.25) is 5.95 Å². The van der Waals surface area contributed by atoms with Crippen LogP contribution in [0.15, 0.2) is 22.7 Å². The zero-order valence-electron chi connectivity index (χ0n) is 10.7.